The molecule has 34 heavy (non-hydrogen) atoms. The summed E-state index contributed by atoms with van der Waals surface area (Å²) in [4.78, 5) is 7.89. The van der Waals surface area contributed by atoms with Gasteiger partial charge in [-0.25, -0.2) is 4.85 Å². The largest absolute Gasteiger partial charge is 0.384 e. The zero-order valence-electron chi connectivity index (χ0n) is 18.7. The Morgan fingerprint density at radius 1 is 1.06 bits per heavy atom. The second-order valence-electron chi connectivity index (χ2n) is 8.70. The first-order valence-electron chi connectivity index (χ1n) is 11.0. The Bertz CT molecular complexity index is 1240. The Morgan fingerprint density at radius 2 is 1.74 bits per heavy atom. The quantitative estimate of drug-likeness (QED) is 0.433. The van der Waals surface area contributed by atoms with Crippen LogP contribution in [0.4, 0.5) is 11.4 Å². The van der Waals surface area contributed by atoms with Crippen LogP contribution in [0.3, 0.4) is 0 Å². The van der Waals surface area contributed by atoms with Crippen molar-refractivity contribution in [3.8, 4) is 6.07 Å². The molecular formula is C27H24Cl2N4O. The van der Waals surface area contributed by atoms with Crippen LogP contribution < -0.4 is 4.90 Å². The fourth-order valence-electron chi connectivity index (χ4n) is 4.51. The fraction of sp³-hybridized carbons (Fsp3) is 0.259. The second kappa shape index (κ2) is 10.1. The highest BCUT2D eigenvalue weighted by atomic mass is 35.5. The molecule has 172 valence electrons. The highest BCUT2D eigenvalue weighted by Crippen LogP contribution is 2.35. The molecule has 0 bridgehead atoms. The highest BCUT2D eigenvalue weighted by molar-refractivity contribution is 6.31. The molecule has 0 amide bonds. The van der Waals surface area contributed by atoms with Crippen LogP contribution in [0.5, 0.6) is 0 Å². The van der Waals surface area contributed by atoms with Crippen LogP contribution in [0.1, 0.15) is 29.7 Å². The molecule has 1 aliphatic heterocycles. The van der Waals surface area contributed by atoms with E-state index in [9.17, 15) is 10.4 Å². The summed E-state index contributed by atoms with van der Waals surface area (Å²) in [7, 11) is 0. The topological polar surface area (TPSA) is 54.9 Å². The normalized spacial score (nSPS) is 18.1. The van der Waals surface area contributed by atoms with Gasteiger partial charge in [0.2, 0.25) is 0 Å². The molecule has 7 heteroatoms. The molecule has 3 aromatic carbocycles. The molecule has 1 aliphatic rings. The molecule has 5 nitrogen and oxygen atoms in total. The Hall–Kier alpha value is -3.06. The van der Waals surface area contributed by atoms with E-state index in [1.54, 1.807) is 31.2 Å². The Morgan fingerprint density at radius 3 is 2.38 bits per heavy atom. The number of nitriles is 1. The third kappa shape index (κ3) is 5.20. The van der Waals surface area contributed by atoms with Gasteiger partial charge in [-0.15, -0.1) is 0 Å². The van der Waals surface area contributed by atoms with E-state index in [1.807, 2.05) is 42.5 Å². The minimum absolute atomic E-state index is 0.0421. The predicted octanol–water partition coefficient (Wildman–Crippen LogP) is 6.19. The summed E-state index contributed by atoms with van der Waals surface area (Å²) in [6, 6.07) is 22.5. The average Bonchev–Trinajstić information content (AvgIpc) is 2.84. The van der Waals surface area contributed by atoms with Gasteiger partial charge in [-0.05, 0) is 48.4 Å². The lowest BCUT2D eigenvalue weighted by atomic mass is 9.93. The number of anilines is 1. The molecule has 1 fully saturated rings. The number of rotatable bonds is 5. The summed E-state index contributed by atoms with van der Waals surface area (Å²) >= 11 is 12.3. The molecule has 2 atom stereocenters. The number of benzene rings is 3. The van der Waals surface area contributed by atoms with Gasteiger partial charge >= 0.3 is 0 Å². The number of aliphatic hydroxyl groups is 1. The number of β-amino-alcohol motifs (C(OH)–C–C–N with tert-alkyl or cyclic N) is 1. The van der Waals surface area contributed by atoms with Gasteiger partial charge in [-0.1, -0.05) is 59.6 Å². The lowest BCUT2D eigenvalue weighted by molar-refractivity contribution is 0.0103. The van der Waals surface area contributed by atoms with Crippen LogP contribution in [0.15, 0.2) is 66.7 Å². The van der Waals surface area contributed by atoms with Crippen LogP contribution in [0.2, 0.25) is 10.0 Å². The lowest BCUT2D eigenvalue weighted by Crippen LogP contribution is -2.52. The smallest absolute Gasteiger partial charge is 0.187 e. The van der Waals surface area contributed by atoms with Crippen LogP contribution >= 0.6 is 23.2 Å². The summed E-state index contributed by atoms with van der Waals surface area (Å²) in [5, 5.41) is 22.2. The fourth-order valence-corrected chi connectivity index (χ4v) is 4.81. The van der Waals surface area contributed by atoms with Crippen molar-refractivity contribution in [1.82, 2.24) is 4.90 Å². The number of piperazine rings is 1. The van der Waals surface area contributed by atoms with E-state index in [1.165, 1.54) is 0 Å². The number of halogens is 2. The number of hydrogen-bond donors (Lipinski definition) is 1. The molecule has 0 radical (unpaired) electrons. The summed E-state index contributed by atoms with van der Waals surface area (Å²) in [5.74, 6) is 0. The zero-order valence-corrected chi connectivity index (χ0v) is 20.3. The Kier molecular flexibility index (Phi) is 7.12. The molecular weight excluding hydrogens is 467 g/mol. The van der Waals surface area contributed by atoms with Crippen molar-refractivity contribution in [3.05, 3.63) is 105 Å². The van der Waals surface area contributed by atoms with Crippen molar-refractivity contribution < 1.29 is 5.11 Å². The van der Waals surface area contributed by atoms with Crippen molar-refractivity contribution in [1.29, 1.82) is 5.26 Å². The van der Waals surface area contributed by atoms with E-state index in [2.05, 4.69) is 20.7 Å². The van der Waals surface area contributed by atoms with E-state index >= 15 is 0 Å². The maximum absolute atomic E-state index is 11.3. The summed E-state index contributed by atoms with van der Waals surface area (Å²) in [5.41, 5.74) is 2.70. The monoisotopic (exact) mass is 490 g/mol. The molecule has 1 saturated heterocycles. The minimum atomic E-state index is -1.08. The first-order valence-corrected chi connectivity index (χ1v) is 11.7. The van der Waals surface area contributed by atoms with Gasteiger partial charge in [0.15, 0.2) is 5.69 Å². The van der Waals surface area contributed by atoms with Gasteiger partial charge < -0.3 is 10.0 Å². The molecule has 1 N–H and O–H groups in total. The van der Waals surface area contributed by atoms with Gasteiger partial charge in [-0.3, -0.25) is 4.90 Å². The van der Waals surface area contributed by atoms with Gasteiger partial charge in [0, 0.05) is 36.2 Å². The highest BCUT2D eigenvalue weighted by Gasteiger charge is 2.34. The van der Waals surface area contributed by atoms with Gasteiger partial charge in [0.05, 0.1) is 29.5 Å². The first kappa shape index (κ1) is 24.1. The standard InChI is InChI=1S/C27H24Cl2N4O/c1-27(34,21-5-10-24(31-2)11-6-21)18-32-13-14-33(25-12-9-23(29)15-20(25)16-30)26(17-32)19-3-7-22(28)8-4-19/h3-12,15,26,34H,13-14,17-18H2,1H3/t26-,27-/m0/s1. The van der Waals surface area contributed by atoms with Crippen molar-refractivity contribution in [2.75, 3.05) is 31.1 Å². The zero-order chi connectivity index (χ0) is 24.3. The number of hydrogen-bond acceptors (Lipinski definition) is 4. The predicted molar refractivity (Wildman–Crippen MR) is 136 cm³/mol. The third-order valence-electron chi connectivity index (χ3n) is 6.26. The molecule has 0 spiro atoms. The summed E-state index contributed by atoms with van der Waals surface area (Å²) < 4.78 is 0. The van der Waals surface area contributed by atoms with Crippen molar-refractivity contribution in [2.45, 2.75) is 18.6 Å². The second-order valence-corrected chi connectivity index (χ2v) is 9.57. The van der Waals surface area contributed by atoms with Crippen molar-refractivity contribution >= 4 is 34.6 Å². The molecule has 0 saturated carbocycles. The van der Waals surface area contributed by atoms with Crippen LogP contribution in [0.25, 0.3) is 4.85 Å². The molecule has 0 unspecified atom stereocenters. The van der Waals surface area contributed by atoms with E-state index in [0.29, 0.717) is 47.5 Å². The molecule has 1 heterocycles. The number of nitrogens with zero attached hydrogens (tertiary/aromatic N) is 4. The van der Waals surface area contributed by atoms with Crippen molar-refractivity contribution in [2.24, 2.45) is 0 Å². The summed E-state index contributed by atoms with van der Waals surface area (Å²) in [6.45, 7) is 11.4. The van der Waals surface area contributed by atoms with E-state index < -0.39 is 5.60 Å². The van der Waals surface area contributed by atoms with Gasteiger partial charge in [0.25, 0.3) is 0 Å². The first-order chi connectivity index (χ1) is 16.3. The molecule has 3 aromatic rings. The van der Waals surface area contributed by atoms with E-state index in [-0.39, 0.29) is 6.04 Å². The van der Waals surface area contributed by atoms with Gasteiger partial charge in [0.1, 0.15) is 6.07 Å². The van der Waals surface area contributed by atoms with Crippen LogP contribution in [0, 0.1) is 17.9 Å². The van der Waals surface area contributed by atoms with Crippen LogP contribution in [-0.4, -0.2) is 36.2 Å². The van der Waals surface area contributed by atoms with E-state index in [0.717, 1.165) is 16.8 Å². The molecule has 0 aromatic heterocycles. The summed E-state index contributed by atoms with van der Waals surface area (Å²) in [6.07, 6.45) is 0. The third-order valence-corrected chi connectivity index (χ3v) is 6.74. The Labute approximate surface area is 210 Å². The maximum Gasteiger partial charge on any atom is 0.187 e. The molecule has 0 aliphatic carbocycles. The van der Waals surface area contributed by atoms with Gasteiger partial charge in [-0.2, -0.15) is 5.26 Å². The molecule has 4 rings (SSSR count). The average molecular weight is 491 g/mol. The minimum Gasteiger partial charge on any atom is -0.384 e. The van der Waals surface area contributed by atoms with E-state index in [4.69, 9.17) is 29.8 Å². The SMILES string of the molecule is [C-]#[N+]c1ccc([C@@](C)(O)CN2CCN(c3ccc(Cl)cc3C#N)[C@H](c3ccc(Cl)cc3)C2)cc1. The Balaban J connectivity index is 1.62. The van der Waals surface area contributed by atoms with Crippen LogP contribution in [-0.2, 0) is 5.60 Å². The van der Waals surface area contributed by atoms with Crippen molar-refractivity contribution in [3.63, 3.8) is 0 Å². The lowest BCUT2D eigenvalue weighted by Gasteiger charge is -2.45. The maximum atomic E-state index is 11.3.